The summed E-state index contributed by atoms with van der Waals surface area (Å²) < 4.78 is 38.4. The number of carbonyl (C=O) groups is 1. The van der Waals surface area contributed by atoms with Gasteiger partial charge in [-0.15, -0.1) is 0 Å². The Morgan fingerprint density at radius 3 is 2.31 bits per heavy atom. The van der Waals surface area contributed by atoms with Gasteiger partial charge in [-0.05, 0) is 38.2 Å². The zero-order valence-corrected chi connectivity index (χ0v) is 20.4. The van der Waals surface area contributed by atoms with Gasteiger partial charge in [0.1, 0.15) is 5.75 Å². The van der Waals surface area contributed by atoms with Crippen molar-refractivity contribution in [2.75, 3.05) is 31.1 Å². The van der Waals surface area contributed by atoms with Crippen LogP contribution in [0.4, 0.5) is 23.9 Å². The fourth-order valence-corrected chi connectivity index (χ4v) is 6.01. The predicted molar refractivity (Wildman–Crippen MR) is 127 cm³/mol. The zero-order chi connectivity index (χ0) is 25.7. The van der Waals surface area contributed by atoms with Crippen LogP contribution in [0.15, 0.2) is 36.7 Å². The van der Waals surface area contributed by atoms with Crippen molar-refractivity contribution in [3.8, 4) is 5.75 Å². The third-order valence-corrected chi connectivity index (χ3v) is 7.59. The SMILES string of the molecule is C[C@@H]1CN(c2ncc(C(F)(F)F)cn2)C[C@H](C)N1C(=O)NC1CC2(C1)CN(Cc1ccccc1O)C2. The molecule has 3 aliphatic rings. The van der Waals surface area contributed by atoms with Gasteiger partial charge in [-0.3, -0.25) is 4.90 Å². The third-order valence-electron chi connectivity index (χ3n) is 7.59. The average Bonchev–Trinajstić information content (AvgIpc) is 2.76. The Morgan fingerprint density at radius 2 is 1.72 bits per heavy atom. The molecule has 11 heteroatoms. The molecule has 2 aliphatic heterocycles. The van der Waals surface area contributed by atoms with Crippen LogP contribution < -0.4 is 10.2 Å². The van der Waals surface area contributed by atoms with Crippen molar-refractivity contribution < 1.29 is 23.1 Å². The van der Waals surface area contributed by atoms with Gasteiger partial charge >= 0.3 is 12.2 Å². The van der Waals surface area contributed by atoms with E-state index in [1.807, 2.05) is 41.8 Å². The van der Waals surface area contributed by atoms with Gasteiger partial charge in [-0.2, -0.15) is 13.2 Å². The van der Waals surface area contributed by atoms with Crippen LogP contribution >= 0.6 is 0 Å². The normalized spacial score (nSPS) is 24.4. The van der Waals surface area contributed by atoms with E-state index in [0.29, 0.717) is 18.8 Å². The smallest absolute Gasteiger partial charge is 0.419 e. The lowest BCUT2D eigenvalue weighted by atomic mass is 9.60. The number of halogens is 3. The Bertz CT molecular complexity index is 1090. The molecule has 2 saturated heterocycles. The molecule has 5 rings (SSSR count). The van der Waals surface area contributed by atoms with Crippen molar-refractivity contribution in [1.29, 1.82) is 0 Å². The third kappa shape index (κ3) is 4.80. The van der Waals surface area contributed by atoms with Crippen LogP contribution in [-0.4, -0.2) is 75.2 Å². The number of hydrogen-bond donors (Lipinski definition) is 2. The molecular weight excluding hydrogens is 473 g/mol. The van der Waals surface area contributed by atoms with Crippen molar-refractivity contribution in [2.24, 2.45) is 5.41 Å². The second-order valence-corrected chi connectivity index (χ2v) is 10.6. The fourth-order valence-electron chi connectivity index (χ4n) is 6.01. The highest BCUT2D eigenvalue weighted by Gasteiger charge is 2.53. The molecule has 1 aliphatic carbocycles. The highest BCUT2D eigenvalue weighted by Crippen LogP contribution is 2.49. The molecule has 3 heterocycles. The van der Waals surface area contributed by atoms with E-state index in [1.165, 1.54) is 0 Å². The number of anilines is 1. The standard InChI is InChI=1S/C25H31F3N6O2/c1-16-11-33(22-29-9-19(10-30-22)25(26,27)28)12-17(2)34(16)23(36)31-20-7-24(8-20)14-32(15-24)13-18-5-3-4-6-21(18)35/h3-6,9-10,16-17,20,35H,7-8,11-15H2,1-2H3,(H,31,36)/t16-,17+. The summed E-state index contributed by atoms with van der Waals surface area (Å²) in [5.41, 5.74) is 0.301. The highest BCUT2D eigenvalue weighted by molar-refractivity contribution is 5.76. The van der Waals surface area contributed by atoms with Gasteiger partial charge in [0.15, 0.2) is 0 Å². The number of para-hydroxylation sites is 1. The Morgan fingerprint density at radius 1 is 1.11 bits per heavy atom. The maximum atomic E-state index is 13.1. The lowest BCUT2D eigenvalue weighted by Crippen LogP contribution is -2.68. The number of urea groups is 1. The molecule has 1 aromatic heterocycles. The lowest BCUT2D eigenvalue weighted by molar-refractivity contribution is -0.138. The number of nitrogens with zero attached hydrogens (tertiary/aromatic N) is 5. The van der Waals surface area contributed by atoms with Crippen molar-refractivity contribution >= 4 is 12.0 Å². The van der Waals surface area contributed by atoms with Crippen LogP contribution in [0.1, 0.15) is 37.8 Å². The van der Waals surface area contributed by atoms with Crippen molar-refractivity contribution in [2.45, 2.75) is 57.5 Å². The molecule has 3 fully saturated rings. The van der Waals surface area contributed by atoms with Gasteiger partial charge in [0.2, 0.25) is 5.95 Å². The summed E-state index contributed by atoms with van der Waals surface area (Å²) in [6.45, 7) is 7.40. The number of phenolic OH excluding ortho intramolecular Hbond substituents is 1. The molecule has 8 nitrogen and oxygen atoms in total. The van der Waals surface area contributed by atoms with Gasteiger partial charge in [-0.25, -0.2) is 14.8 Å². The number of rotatable bonds is 4. The van der Waals surface area contributed by atoms with Gasteiger partial charge in [0.25, 0.3) is 0 Å². The second kappa shape index (κ2) is 9.10. The number of phenols is 1. The van der Waals surface area contributed by atoms with E-state index in [9.17, 15) is 23.1 Å². The predicted octanol–water partition coefficient (Wildman–Crippen LogP) is 3.47. The first-order valence-corrected chi connectivity index (χ1v) is 12.3. The number of piperazine rings is 1. The molecule has 0 radical (unpaired) electrons. The molecule has 0 bridgehead atoms. The second-order valence-electron chi connectivity index (χ2n) is 10.6. The minimum atomic E-state index is -4.47. The molecule has 2 amide bonds. The molecular formula is C25H31F3N6O2. The molecule has 2 N–H and O–H groups in total. The summed E-state index contributed by atoms with van der Waals surface area (Å²) in [4.78, 5) is 26.9. The van der Waals surface area contributed by atoms with Crippen LogP contribution in [0.2, 0.25) is 0 Å². The zero-order valence-electron chi connectivity index (χ0n) is 20.4. The number of amides is 2. The van der Waals surface area contributed by atoms with Crippen LogP contribution in [0, 0.1) is 5.41 Å². The Labute approximate surface area is 208 Å². The van der Waals surface area contributed by atoms with Crippen molar-refractivity contribution in [1.82, 2.24) is 25.1 Å². The number of aromatic nitrogens is 2. The number of nitrogens with one attached hydrogen (secondary N) is 1. The van der Waals surface area contributed by atoms with E-state index in [-0.39, 0.29) is 35.5 Å². The molecule has 1 saturated carbocycles. The summed E-state index contributed by atoms with van der Waals surface area (Å²) >= 11 is 0. The first kappa shape index (κ1) is 24.6. The quantitative estimate of drug-likeness (QED) is 0.664. The molecule has 2 atom stereocenters. The Kier molecular flexibility index (Phi) is 6.22. The molecule has 194 valence electrons. The molecule has 2 aromatic rings. The van der Waals surface area contributed by atoms with Gasteiger partial charge in [0.05, 0.1) is 5.56 Å². The summed E-state index contributed by atoms with van der Waals surface area (Å²) in [7, 11) is 0. The first-order valence-electron chi connectivity index (χ1n) is 12.3. The monoisotopic (exact) mass is 504 g/mol. The van der Waals surface area contributed by atoms with E-state index in [2.05, 4.69) is 20.2 Å². The average molecular weight is 505 g/mol. The van der Waals surface area contributed by atoms with Crippen molar-refractivity contribution in [3.05, 3.63) is 47.8 Å². The molecule has 1 aromatic carbocycles. The first-order chi connectivity index (χ1) is 17.0. The maximum Gasteiger partial charge on any atom is 0.419 e. The van der Waals surface area contributed by atoms with Crippen molar-refractivity contribution in [3.63, 3.8) is 0 Å². The Balaban J connectivity index is 1.09. The molecule has 0 unspecified atom stereocenters. The summed E-state index contributed by atoms with van der Waals surface area (Å²) in [6, 6.07) is 7.14. The number of aromatic hydroxyl groups is 1. The fraction of sp³-hybridized carbons (Fsp3) is 0.560. The highest BCUT2D eigenvalue weighted by atomic mass is 19.4. The summed E-state index contributed by atoms with van der Waals surface area (Å²) in [5, 5.41) is 13.2. The topological polar surface area (TPSA) is 84.8 Å². The number of benzene rings is 1. The van der Waals surface area contributed by atoms with Gasteiger partial charge in [0, 0.05) is 68.8 Å². The number of carbonyl (C=O) groups excluding carboxylic acids is 1. The van der Waals surface area contributed by atoms with Gasteiger partial charge in [-0.1, -0.05) is 18.2 Å². The van der Waals surface area contributed by atoms with Crippen LogP contribution in [-0.2, 0) is 12.7 Å². The van der Waals surface area contributed by atoms with E-state index >= 15 is 0 Å². The maximum absolute atomic E-state index is 13.1. The largest absolute Gasteiger partial charge is 0.508 e. The van der Waals surface area contributed by atoms with E-state index in [0.717, 1.165) is 50.4 Å². The van der Waals surface area contributed by atoms with E-state index < -0.39 is 11.7 Å². The molecule has 36 heavy (non-hydrogen) atoms. The minimum absolute atomic E-state index is 0.103. The van der Waals surface area contributed by atoms with Crippen LogP contribution in [0.5, 0.6) is 5.75 Å². The minimum Gasteiger partial charge on any atom is -0.508 e. The molecule has 1 spiro atoms. The summed E-state index contributed by atoms with van der Waals surface area (Å²) in [5.74, 6) is 0.562. The van der Waals surface area contributed by atoms with E-state index in [1.54, 1.807) is 6.07 Å². The van der Waals surface area contributed by atoms with E-state index in [4.69, 9.17) is 0 Å². The number of hydrogen-bond acceptors (Lipinski definition) is 6. The lowest BCUT2D eigenvalue weighted by Gasteiger charge is -2.59. The Hall–Kier alpha value is -3.08. The van der Waals surface area contributed by atoms with Crippen LogP contribution in [0.25, 0.3) is 0 Å². The summed E-state index contributed by atoms with van der Waals surface area (Å²) in [6.07, 6.45) is -0.991. The van der Waals surface area contributed by atoms with Gasteiger partial charge < -0.3 is 20.2 Å². The van der Waals surface area contributed by atoms with Crippen LogP contribution in [0.3, 0.4) is 0 Å². The number of likely N-dealkylation sites (tertiary alicyclic amines) is 1. The number of alkyl halides is 3.